The molecule has 6 heteroatoms. The smallest absolute Gasteiger partial charge is 0.200 e. The van der Waals surface area contributed by atoms with Crippen molar-refractivity contribution in [2.75, 3.05) is 0 Å². The Morgan fingerprint density at radius 2 is 1.39 bits per heavy atom. The molecule has 3 aromatic rings. The van der Waals surface area contributed by atoms with Gasteiger partial charge in [0.25, 0.3) is 0 Å². The van der Waals surface area contributed by atoms with E-state index in [1.165, 1.54) is 6.08 Å². The molecule has 0 aliphatic heterocycles. The summed E-state index contributed by atoms with van der Waals surface area (Å²) in [6, 6.07) is 8.51. The molecule has 116 valence electrons. The molecular weight excluding hydrogens is 313 g/mol. The van der Waals surface area contributed by atoms with Crippen LogP contribution in [0.5, 0.6) is 0 Å². The maximum absolute atomic E-state index is 13.6. The van der Waals surface area contributed by atoms with Crippen molar-refractivity contribution in [1.82, 2.24) is 4.98 Å². The minimum Gasteiger partial charge on any atom is -0.256 e. The van der Waals surface area contributed by atoms with Gasteiger partial charge in [0.1, 0.15) is 0 Å². The van der Waals surface area contributed by atoms with Crippen molar-refractivity contribution in [1.29, 1.82) is 0 Å². The van der Waals surface area contributed by atoms with Crippen LogP contribution in [0.1, 0.15) is 11.1 Å². The molecule has 0 spiro atoms. The number of nitrogens with zero attached hydrogens (tertiary/aromatic N) is 1. The third-order valence-corrected chi connectivity index (χ3v) is 3.31. The number of hydrogen-bond donors (Lipinski definition) is 0. The first-order chi connectivity index (χ1) is 11.0. The van der Waals surface area contributed by atoms with E-state index in [1.54, 1.807) is 36.5 Å². The Morgan fingerprint density at radius 3 is 2.09 bits per heavy atom. The summed E-state index contributed by atoms with van der Waals surface area (Å²) >= 11 is 0. The van der Waals surface area contributed by atoms with Gasteiger partial charge in [0, 0.05) is 11.6 Å². The molecule has 0 N–H and O–H groups in total. The highest BCUT2D eigenvalue weighted by atomic mass is 19.2. The molecule has 0 bridgehead atoms. The zero-order valence-electron chi connectivity index (χ0n) is 11.5. The quantitative estimate of drug-likeness (QED) is 0.277. The molecule has 1 nitrogen and oxygen atoms in total. The van der Waals surface area contributed by atoms with Gasteiger partial charge in [-0.2, -0.15) is 0 Å². The predicted octanol–water partition coefficient (Wildman–Crippen LogP) is 5.10. The first kappa shape index (κ1) is 15.1. The minimum atomic E-state index is -2.17. The molecule has 0 amide bonds. The van der Waals surface area contributed by atoms with Crippen molar-refractivity contribution >= 4 is 23.1 Å². The second-order valence-corrected chi connectivity index (χ2v) is 4.77. The normalized spacial score (nSPS) is 11.5. The topological polar surface area (TPSA) is 12.9 Å². The molecule has 0 radical (unpaired) electrons. The first-order valence-corrected chi connectivity index (χ1v) is 6.53. The molecular formula is C17H8F5N. The molecule has 0 saturated heterocycles. The monoisotopic (exact) mass is 321 g/mol. The number of halogens is 5. The molecule has 1 aromatic heterocycles. The molecule has 0 saturated carbocycles. The lowest BCUT2D eigenvalue weighted by Gasteiger charge is -2.04. The van der Waals surface area contributed by atoms with E-state index in [2.05, 4.69) is 4.98 Å². The van der Waals surface area contributed by atoms with Gasteiger partial charge >= 0.3 is 0 Å². The second-order valence-electron chi connectivity index (χ2n) is 4.77. The third kappa shape index (κ3) is 2.67. The summed E-state index contributed by atoms with van der Waals surface area (Å²) in [6.07, 6.45) is 3.74. The van der Waals surface area contributed by atoms with Crippen LogP contribution < -0.4 is 0 Å². The predicted molar refractivity (Wildman–Crippen MR) is 76.9 cm³/mol. The van der Waals surface area contributed by atoms with Gasteiger partial charge in [0.05, 0.1) is 11.1 Å². The molecule has 0 unspecified atom stereocenters. The van der Waals surface area contributed by atoms with E-state index < -0.39 is 34.6 Å². The van der Waals surface area contributed by atoms with E-state index in [1.807, 2.05) is 0 Å². The van der Waals surface area contributed by atoms with E-state index in [0.29, 0.717) is 5.56 Å². The van der Waals surface area contributed by atoms with Crippen LogP contribution in [0, 0.1) is 29.1 Å². The van der Waals surface area contributed by atoms with Crippen molar-refractivity contribution in [3.63, 3.8) is 0 Å². The lowest BCUT2D eigenvalue weighted by Crippen LogP contribution is -2.03. The van der Waals surface area contributed by atoms with Crippen molar-refractivity contribution in [2.45, 2.75) is 0 Å². The third-order valence-electron chi connectivity index (χ3n) is 3.31. The number of benzene rings is 2. The first-order valence-electron chi connectivity index (χ1n) is 6.53. The summed E-state index contributed by atoms with van der Waals surface area (Å²) in [4.78, 5) is 4.12. The Hall–Kier alpha value is -2.76. The minimum absolute atomic E-state index is 0.537. The fraction of sp³-hybridized carbons (Fsp3) is 0. The van der Waals surface area contributed by atoms with Gasteiger partial charge in [-0.05, 0) is 29.8 Å². The Labute approximate surface area is 127 Å². The van der Waals surface area contributed by atoms with Crippen LogP contribution in [0.4, 0.5) is 22.0 Å². The highest BCUT2D eigenvalue weighted by molar-refractivity contribution is 5.83. The molecule has 0 aliphatic carbocycles. The molecule has 1 heterocycles. The standard InChI is InChI=1S/C17H8F5N/c18-13-11(14(19)16(21)17(22)15(13)20)5-3-9-4-6-12-10(8-9)2-1-7-23-12/h1-8H. The zero-order chi connectivity index (χ0) is 16.6. The van der Waals surface area contributed by atoms with Gasteiger partial charge in [-0.3, -0.25) is 4.98 Å². The van der Waals surface area contributed by atoms with Crippen LogP contribution in [-0.4, -0.2) is 4.98 Å². The van der Waals surface area contributed by atoms with E-state index >= 15 is 0 Å². The summed E-state index contributed by atoms with van der Waals surface area (Å²) in [6.45, 7) is 0. The fourth-order valence-corrected chi connectivity index (χ4v) is 2.15. The van der Waals surface area contributed by atoms with Crippen molar-refractivity contribution in [2.24, 2.45) is 0 Å². The lowest BCUT2D eigenvalue weighted by molar-refractivity contribution is 0.377. The number of pyridine rings is 1. The average Bonchev–Trinajstić information content (AvgIpc) is 2.58. The van der Waals surface area contributed by atoms with E-state index in [4.69, 9.17) is 0 Å². The van der Waals surface area contributed by atoms with Crippen molar-refractivity contribution in [3.05, 3.63) is 76.7 Å². The van der Waals surface area contributed by atoms with Crippen LogP contribution in [0.25, 0.3) is 23.1 Å². The van der Waals surface area contributed by atoms with Crippen LogP contribution >= 0.6 is 0 Å². The van der Waals surface area contributed by atoms with Gasteiger partial charge in [-0.15, -0.1) is 0 Å². The van der Waals surface area contributed by atoms with Gasteiger partial charge in [-0.1, -0.05) is 18.2 Å². The molecule has 0 fully saturated rings. The van der Waals surface area contributed by atoms with Crippen LogP contribution in [0.2, 0.25) is 0 Å². The molecule has 23 heavy (non-hydrogen) atoms. The van der Waals surface area contributed by atoms with Gasteiger partial charge in [0.2, 0.25) is 5.82 Å². The van der Waals surface area contributed by atoms with Crippen molar-refractivity contribution < 1.29 is 22.0 Å². The zero-order valence-corrected chi connectivity index (χ0v) is 11.5. The van der Waals surface area contributed by atoms with Crippen molar-refractivity contribution in [3.8, 4) is 0 Å². The van der Waals surface area contributed by atoms with E-state index in [0.717, 1.165) is 17.0 Å². The van der Waals surface area contributed by atoms with Crippen LogP contribution in [0.3, 0.4) is 0 Å². The number of hydrogen-bond acceptors (Lipinski definition) is 1. The fourth-order valence-electron chi connectivity index (χ4n) is 2.15. The largest absolute Gasteiger partial charge is 0.256 e. The lowest BCUT2D eigenvalue weighted by atomic mass is 10.1. The molecule has 3 rings (SSSR count). The highest BCUT2D eigenvalue weighted by Crippen LogP contribution is 2.25. The number of rotatable bonds is 2. The Balaban J connectivity index is 2.05. The Bertz CT molecular complexity index is 905. The van der Waals surface area contributed by atoms with Gasteiger partial charge in [0.15, 0.2) is 23.3 Å². The maximum atomic E-state index is 13.6. The molecule has 0 atom stereocenters. The SMILES string of the molecule is Fc1c(F)c(F)c(C=Cc2ccc3ncccc3c2)c(F)c1F. The van der Waals surface area contributed by atoms with Crippen LogP contribution in [0.15, 0.2) is 36.5 Å². The number of aromatic nitrogens is 1. The second kappa shape index (κ2) is 5.79. The Kier molecular flexibility index (Phi) is 3.82. The van der Waals surface area contributed by atoms with E-state index in [9.17, 15) is 22.0 Å². The summed E-state index contributed by atoms with van der Waals surface area (Å²) in [5.41, 5.74) is 0.281. The molecule has 2 aromatic carbocycles. The highest BCUT2D eigenvalue weighted by Gasteiger charge is 2.24. The maximum Gasteiger partial charge on any atom is 0.200 e. The van der Waals surface area contributed by atoms with Crippen LogP contribution in [-0.2, 0) is 0 Å². The van der Waals surface area contributed by atoms with Gasteiger partial charge < -0.3 is 0 Å². The Morgan fingerprint density at radius 1 is 0.739 bits per heavy atom. The summed E-state index contributed by atoms with van der Waals surface area (Å²) in [7, 11) is 0. The van der Waals surface area contributed by atoms with Gasteiger partial charge in [-0.25, -0.2) is 22.0 Å². The average molecular weight is 321 g/mol. The number of fused-ring (bicyclic) bond motifs is 1. The molecule has 0 aliphatic rings. The van der Waals surface area contributed by atoms with E-state index in [-0.39, 0.29) is 0 Å². The summed E-state index contributed by atoms with van der Waals surface area (Å²) in [5.74, 6) is -9.83. The summed E-state index contributed by atoms with van der Waals surface area (Å²) in [5, 5.41) is 0.784. The summed E-state index contributed by atoms with van der Waals surface area (Å²) < 4.78 is 66.4.